The van der Waals surface area contributed by atoms with E-state index in [1.807, 2.05) is 0 Å². The monoisotopic (exact) mass is 827 g/mol. The van der Waals surface area contributed by atoms with Crippen LogP contribution in [0.15, 0.2) is 12.2 Å². The second kappa shape index (κ2) is 39.6. The molecule has 6 atom stereocenters. The maximum absolute atomic E-state index is 12.8. The average molecular weight is 827 g/mol. The number of aliphatic hydroxyl groups is 4. The molecule has 1 aliphatic heterocycles. The molecular formula is C48H90O10. The molecule has 0 aromatic rings. The van der Waals surface area contributed by atoms with E-state index in [1.165, 1.54) is 135 Å². The molecule has 1 saturated heterocycles. The summed E-state index contributed by atoms with van der Waals surface area (Å²) in [6.45, 7) is 3.44. The quantitative estimate of drug-likeness (QED) is 0.0266. The van der Waals surface area contributed by atoms with Crippen molar-refractivity contribution in [3.05, 3.63) is 12.2 Å². The lowest BCUT2D eigenvalue weighted by atomic mass is 9.99. The minimum atomic E-state index is -1.59. The number of ether oxygens (including phenoxy) is 4. The van der Waals surface area contributed by atoms with Crippen molar-refractivity contribution in [2.45, 2.75) is 263 Å². The van der Waals surface area contributed by atoms with Gasteiger partial charge in [-0.25, -0.2) is 0 Å². The number of unbranched alkanes of at least 4 members (excludes halogenated alkanes) is 28. The first-order valence-corrected chi connectivity index (χ1v) is 24.3. The number of esters is 2. The highest BCUT2D eigenvalue weighted by Crippen LogP contribution is 2.23. The van der Waals surface area contributed by atoms with Crippen molar-refractivity contribution in [2.24, 2.45) is 0 Å². The number of aliphatic hydroxyl groups excluding tert-OH is 4. The summed E-state index contributed by atoms with van der Waals surface area (Å²) < 4.78 is 22.2. The average Bonchev–Trinajstić information content (AvgIpc) is 3.22. The lowest BCUT2D eigenvalue weighted by Gasteiger charge is -2.39. The van der Waals surface area contributed by atoms with Gasteiger partial charge in [0.05, 0.1) is 13.2 Å². The Morgan fingerprint density at radius 3 is 1.34 bits per heavy atom. The van der Waals surface area contributed by atoms with Gasteiger partial charge in [0.2, 0.25) is 0 Å². The van der Waals surface area contributed by atoms with Crippen molar-refractivity contribution < 1.29 is 49.0 Å². The molecule has 0 amide bonds. The Kier molecular flexibility index (Phi) is 37.2. The molecule has 342 valence electrons. The van der Waals surface area contributed by atoms with Gasteiger partial charge in [0, 0.05) is 12.8 Å². The van der Waals surface area contributed by atoms with Gasteiger partial charge < -0.3 is 39.4 Å². The minimum Gasteiger partial charge on any atom is -0.462 e. The smallest absolute Gasteiger partial charge is 0.306 e. The molecular weight excluding hydrogens is 737 g/mol. The Labute approximate surface area is 354 Å². The largest absolute Gasteiger partial charge is 0.462 e. The highest BCUT2D eigenvalue weighted by molar-refractivity contribution is 5.70. The Hall–Kier alpha value is -1.56. The van der Waals surface area contributed by atoms with E-state index in [-0.39, 0.29) is 32.0 Å². The third-order valence-corrected chi connectivity index (χ3v) is 11.4. The van der Waals surface area contributed by atoms with Crippen LogP contribution in [0.3, 0.4) is 0 Å². The van der Waals surface area contributed by atoms with Crippen molar-refractivity contribution >= 4 is 11.9 Å². The van der Waals surface area contributed by atoms with Crippen molar-refractivity contribution in [1.82, 2.24) is 0 Å². The summed E-state index contributed by atoms with van der Waals surface area (Å²) in [6, 6.07) is 0. The first-order chi connectivity index (χ1) is 28.3. The Bertz CT molecular complexity index is 959. The van der Waals surface area contributed by atoms with Crippen LogP contribution >= 0.6 is 0 Å². The lowest BCUT2D eigenvalue weighted by molar-refractivity contribution is -0.305. The summed E-state index contributed by atoms with van der Waals surface area (Å²) in [5.74, 6) is -0.804. The van der Waals surface area contributed by atoms with Gasteiger partial charge in [-0.2, -0.15) is 0 Å². The normalized spacial score (nSPS) is 20.1. The molecule has 10 nitrogen and oxygen atoms in total. The van der Waals surface area contributed by atoms with Crippen LogP contribution < -0.4 is 0 Å². The number of carbonyl (C=O) groups is 2. The molecule has 2 unspecified atom stereocenters. The number of rotatable bonds is 41. The van der Waals surface area contributed by atoms with Gasteiger partial charge in [-0.3, -0.25) is 9.59 Å². The molecule has 1 fully saturated rings. The lowest BCUT2D eigenvalue weighted by Crippen LogP contribution is -2.59. The molecule has 1 rings (SSSR count). The third-order valence-electron chi connectivity index (χ3n) is 11.4. The summed E-state index contributed by atoms with van der Waals surface area (Å²) in [6.07, 6.45) is 35.0. The number of hydrogen-bond acceptors (Lipinski definition) is 10. The molecule has 0 saturated carbocycles. The van der Waals surface area contributed by atoms with Crippen LogP contribution in [0.5, 0.6) is 0 Å². The summed E-state index contributed by atoms with van der Waals surface area (Å²) >= 11 is 0. The molecule has 58 heavy (non-hydrogen) atoms. The van der Waals surface area contributed by atoms with Crippen LogP contribution in [0.1, 0.15) is 226 Å². The maximum Gasteiger partial charge on any atom is 0.306 e. The molecule has 0 aromatic heterocycles. The van der Waals surface area contributed by atoms with E-state index in [1.54, 1.807) is 0 Å². The topological polar surface area (TPSA) is 152 Å². The number of hydrogen-bond donors (Lipinski definition) is 4. The van der Waals surface area contributed by atoms with Gasteiger partial charge in [-0.05, 0) is 38.5 Å². The first kappa shape index (κ1) is 54.5. The Balaban J connectivity index is 2.28. The Morgan fingerprint density at radius 1 is 0.517 bits per heavy atom. The standard InChI is InChI=1S/C48H90O10/c1-3-5-7-9-11-13-15-17-19-20-21-22-23-25-27-29-31-33-35-37-44(51)57-41(40-56-48-47(54)46(53)45(52)42(38-49)58-48)39-55-43(50)36-34-32-30-28-26-24-18-16-14-12-10-8-6-4-2/h16,18,41-42,45-49,52-54H,3-15,17,19-40H2,1-2H3/b18-16+/t41-,42-,45+,46?,47?,48-/m1/s1. The summed E-state index contributed by atoms with van der Waals surface area (Å²) in [5, 5.41) is 40.1. The van der Waals surface area contributed by atoms with Crippen LogP contribution in [0, 0.1) is 0 Å². The van der Waals surface area contributed by atoms with Crippen molar-refractivity contribution in [3.63, 3.8) is 0 Å². The van der Waals surface area contributed by atoms with Gasteiger partial charge >= 0.3 is 11.9 Å². The van der Waals surface area contributed by atoms with Gasteiger partial charge in [0.15, 0.2) is 12.4 Å². The van der Waals surface area contributed by atoms with E-state index in [0.29, 0.717) is 6.42 Å². The second-order valence-corrected chi connectivity index (χ2v) is 16.9. The fourth-order valence-corrected chi connectivity index (χ4v) is 7.54. The van der Waals surface area contributed by atoms with Crippen LogP contribution in [0.25, 0.3) is 0 Å². The van der Waals surface area contributed by atoms with Gasteiger partial charge in [-0.1, -0.05) is 187 Å². The predicted octanol–water partition coefficient (Wildman–Crippen LogP) is 10.7. The molecule has 0 spiro atoms. The molecule has 4 N–H and O–H groups in total. The fourth-order valence-electron chi connectivity index (χ4n) is 7.54. The van der Waals surface area contributed by atoms with Gasteiger partial charge in [-0.15, -0.1) is 0 Å². The van der Waals surface area contributed by atoms with Crippen molar-refractivity contribution in [2.75, 3.05) is 19.8 Å². The van der Waals surface area contributed by atoms with E-state index in [2.05, 4.69) is 26.0 Å². The van der Waals surface area contributed by atoms with Crippen LogP contribution in [-0.2, 0) is 28.5 Å². The highest BCUT2D eigenvalue weighted by Gasteiger charge is 2.44. The Morgan fingerprint density at radius 2 is 0.914 bits per heavy atom. The first-order valence-electron chi connectivity index (χ1n) is 24.3. The zero-order valence-electron chi connectivity index (χ0n) is 37.3. The van der Waals surface area contributed by atoms with Gasteiger partial charge in [0.1, 0.15) is 31.0 Å². The minimum absolute atomic E-state index is 0.216. The number of carbonyl (C=O) groups excluding carboxylic acids is 2. The molecule has 0 bridgehead atoms. The van der Waals surface area contributed by atoms with Crippen LogP contribution in [-0.4, -0.2) is 89.0 Å². The molecule has 1 heterocycles. The van der Waals surface area contributed by atoms with Crippen LogP contribution in [0.2, 0.25) is 0 Å². The maximum atomic E-state index is 12.8. The SMILES string of the molecule is CCCCCCC/C=C/CCCCCCCC(=O)OC[C@H](CO[C@@H]1O[C@H](CO)[C@H](O)C(O)C1O)OC(=O)CCCCCCCCCCCCCCCCCCCCC. The zero-order valence-corrected chi connectivity index (χ0v) is 37.3. The summed E-state index contributed by atoms with van der Waals surface area (Å²) in [7, 11) is 0. The summed E-state index contributed by atoms with van der Waals surface area (Å²) in [5.41, 5.74) is 0. The van der Waals surface area contributed by atoms with Crippen molar-refractivity contribution in [3.8, 4) is 0 Å². The molecule has 10 heteroatoms. The van der Waals surface area contributed by atoms with E-state index in [9.17, 15) is 30.0 Å². The molecule has 0 radical (unpaired) electrons. The zero-order chi connectivity index (χ0) is 42.3. The van der Waals surface area contributed by atoms with E-state index in [0.717, 1.165) is 57.8 Å². The molecule has 0 aliphatic carbocycles. The summed E-state index contributed by atoms with van der Waals surface area (Å²) in [4.78, 5) is 25.4. The van der Waals surface area contributed by atoms with Crippen molar-refractivity contribution in [1.29, 1.82) is 0 Å². The second-order valence-electron chi connectivity index (χ2n) is 16.9. The van der Waals surface area contributed by atoms with E-state index in [4.69, 9.17) is 18.9 Å². The highest BCUT2D eigenvalue weighted by atomic mass is 16.7. The number of allylic oxidation sites excluding steroid dienone is 2. The fraction of sp³-hybridized carbons (Fsp3) is 0.917. The third kappa shape index (κ3) is 30.5. The predicted molar refractivity (Wildman–Crippen MR) is 233 cm³/mol. The van der Waals surface area contributed by atoms with Crippen LogP contribution in [0.4, 0.5) is 0 Å². The van der Waals surface area contributed by atoms with E-state index < -0.39 is 49.4 Å². The van der Waals surface area contributed by atoms with Gasteiger partial charge in [0.25, 0.3) is 0 Å². The molecule has 0 aromatic carbocycles. The molecule has 1 aliphatic rings. The van der Waals surface area contributed by atoms with E-state index >= 15 is 0 Å².